The molecule has 138 valence electrons. The van der Waals surface area contributed by atoms with Crippen LogP contribution in [0.5, 0.6) is 0 Å². The number of thioether (sulfide) groups is 1. The first-order valence-electron chi connectivity index (χ1n) is 8.94. The van der Waals surface area contributed by atoms with Crippen molar-refractivity contribution in [3.05, 3.63) is 0 Å². The molecule has 1 amide bonds. The van der Waals surface area contributed by atoms with Crippen LogP contribution in [0.3, 0.4) is 0 Å². The number of amides is 1. The average molecular weight is 359 g/mol. The van der Waals surface area contributed by atoms with Crippen molar-refractivity contribution in [3.63, 3.8) is 0 Å². The maximum absolute atomic E-state index is 12.9. The van der Waals surface area contributed by atoms with Gasteiger partial charge in [-0.2, -0.15) is 11.8 Å². The standard InChI is InChI=1S/C17H30N2O4S/c1-23-17(22)14-10-13(24-9-5-8-20)11-19(14)16(21)15(18)12-6-3-2-4-7-12/h12-15,20H,2-11,18H2,1H3/t13-,14-,15+/m1/s1. The Morgan fingerprint density at radius 1 is 1.33 bits per heavy atom. The molecule has 0 spiro atoms. The Hall–Kier alpha value is -0.790. The molecule has 2 aliphatic rings. The molecular weight excluding hydrogens is 328 g/mol. The van der Waals surface area contributed by atoms with E-state index in [-0.39, 0.29) is 29.7 Å². The van der Waals surface area contributed by atoms with E-state index in [4.69, 9.17) is 15.6 Å². The third-order valence-corrected chi connectivity index (χ3v) is 6.46. The first-order chi connectivity index (χ1) is 11.6. The summed E-state index contributed by atoms with van der Waals surface area (Å²) in [7, 11) is 1.36. The summed E-state index contributed by atoms with van der Waals surface area (Å²) in [4.78, 5) is 26.6. The maximum Gasteiger partial charge on any atom is 0.328 e. The summed E-state index contributed by atoms with van der Waals surface area (Å²) in [6, 6.07) is -1.04. The number of rotatable bonds is 7. The lowest BCUT2D eigenvalue weighted by Crippen LogP contribution is -2.51. The molecule has 6 nitrogen and oxygen atoms in total. The second kappa shape index (κ2) is 9.63. The lowest BCUT2D eigenvalue weighted by atomic mass is 9.83. The zero-order chi connectivity index (χ0) is 17.5. The number of likely N-dealkylation sites (tertiary alicyclic amines) is 1. The van der Waals surface area contributed by atoms with E-state index in [9.17, 15) is 9.59 Å². The van der Waals surface area contributed by atoms with Gasteiger partial charge in [-0.15, -0.1) is 0 Å². The van der Waals surface area contributed by atoms with Crippen molar-refractivity contribution in [2.45, 2.75) is 62.3 Å². The molecule has 0 bridgehead atoms. The predicted molar refractivity (Wildman–Crippen MR) is 94.6 cm³/mol. The van der Waals surface area contributed by atoms with Crippen LogP contribution in [0.2, 0.25) is 0 Å². The molecule has 0 aromatic rings. The summed E-state index contributed by atoms with van der Waals surface area (Å²) < 4.78 is 4.89. The molecule has 1 saturated carbocycles. The molecule has 0 aromatic carbocycles. The number of aliphatic hydroxyl groups excluding tert-OH is 1. The largest absolute Gasteiger partial charge is 0.467 e. The third-order valence-electron chi connectivity index (χ3n) is 5.12. The van der Waals surface area contributed by atoms with Crippen molar-refractivity contribution in [2.75, 3.05) is 26.0 Å². The van der Waals surface area contributed by atoms with Gasteiger partial charge in [0.1, 0.15) is 6.04 Å². The number of hydrogen-bond donors (Lipinski definition) is 2. The molecule has 0 aromatic heterocycles. The minimum atomic E-state index is -0.524. The van der Waals surface area contributed by atoms with E-state index in [1.54, 1.807) is 16.7 Å². The van der Waals surface area contributed by atoms with Gasteiger partial charge in [0.2, 0.25) is 5.91 Å². The average Bonchev–Trinajstić information content (AvgIpc) is 3.05. The fraction of sp³-hybridized carbons (Fsp3) is 0.882. The van der Waals surface area contributed by atoms with E-state index in [1.165, 1.54) is 13.5 Å². The second-order valence-electron chi connectivity index (χ2n) is 6.76. The number of carbonyl (C=O) groups is 2. The van der Waals surface area contributed by atoms with Gasteiger partial charge in [-0.3, -0.25) is 4.79 Å². The predicted octanol–water partition coefficient (Wildman–Crippen LogP) is 1.15. The van der Waals surface area contributed by atoms with Gasteiger partial charge in [-0.25, -0.2) is 4.79 Å². The van der Waals surface area contributed by atoms with Crippen LogP contribution in [0.1, 0.15) is 44.9 Å². The van der Waals surface area contributed by atoms with Gasteiger partial charge in [0.15, 0.2) is 0 Å². The summed E-state index contributed by atoms with van der Waals surface area (Å²) in [6.45, 7) is 0.699. The Bertz CT molecular complexity index is 429. The van der Waals surface area contributed by atoms with Crippen molar-refractivity contribution in [2.24, 2.45) is 11.7 Å². The van der Waals surface area contributed by atoms with Gasteiger partial charge >= 0.3 is 5.97 Å². The number of aliphatic hydroxyl groups is 1. The molecule has 0 radical (unpaired) electrons. The number of ether oxygens (including phenoxy) is 1. The Morgan fingerprint density at radius 3 is 2.67 bits per heavy atom. The van der Waals surface area contributed by atoms with Crippen LogP contribution in [0.4, 0.5) is 0 Å². The van der Waals surface area contributed by atoms with Crippen molar-refractivity contribution in [3.8, 4) is 0 Å². The Kier molecular flexibility index (Phi) is 7.84. The number of nitrogens with zero attached hydrogens (tertiary/aromatic N) is 1. The van der Waals surface area contributed by atoms with Crippen molar-refractivity contribution >= 4 is 23.6 Å². The quantitative estimate of drug-likeness (QED) is 0.524. The SMILES string of the molecule is COC(=O)[C@H]1C[C@@H](SCCCO)CN1C(=O)[C@@H](N)C1CCCCC1. The summed E-state index contributed by atoms with van der Waals surface area (Å²) in [5.74, 6) is 0.587. The van der Waals surface area contributed by atoms with Gasteiger partial charge in [0.05, 0.1) is 13.2 Å². The Balaban J connectivity index is 2.00. The van der Waals surface area contributed by atoms with Crippen LogP contribution in [0, 0.1) is 5.92 Å². The highest BCUT2D eigenvalue weighted by molar-refractivity contribution is 7.99. The highest BCUT2D eigenvalue weighted by Gasteiger charge is 2.43. The monoisotopic (exact) mass is 358 g/mol. The highest BCUT2D eigenvalue weighted by atomic mass is 32.2. The van der Waals surface area contributed by atoms with Crippen molar-refractivity contribution in [1.29, 1.82) is 0 Å². The van der Waals surface area contributed by atoms with Gasteiger partial charge in [-0.1, -0.05) is 19.3 Å². The molecule has 1 saturated heterocycles. The molecule has 1 aliphatic heterocycles. The Morgan fingerprint density at radius 2 is 2.04 bits per heavy atom. The summed E-state index contributed by atoms with van der Waals surface area (Å²) in [5.41, 5.74) is 6.26. The maximum atomic E-state index is 12.9. The minimum absolute atomic E-state index is 0.109. The molecule has 3 N–H and O–H groups in total. The van der Waals surface area contributed by atoms with Crippen LogP contribution >= 0.6 is 11.8 Å². The highest BCUT2D eigenvalue weighted by Crippen LogP contribution is 2.32. The van der Waals surface area contributed by atoms with Crippen LogP contribution in [0.25, 0.3) is 0 Å². The lowest BCUT2D eigenvalue weighted by Gasteiger charge is -2.31. The van der Waals surface area contributed by atoms with E-state index in [0.717, 1.165) is 37.9 Å². The van der Waals surface area contributed by atoms with Crippen LogP contribution in [-0.4, -0.2) is 65.2 Å². The molecule has 1 aliphatic carbocycles. The fourth-order valence-electron chi connectivity index (χ4n) is 3.72. The molecule has 1 heterocycles. The molecule has 7 heteroatoms. The molecule has 2 fully saturated rings. The van der Waals surface area contributed by atoms with Crippen molar-refractivity contribution < 1.29 is 19.4 Å². The van der Waals surface area contributed by atoms with Gasteiger partial charge in [0, 0.05) is 18.4 Å². The van der Waals surface area contributed by atoms with Gasteiger partial charge < -0.3 is 20.5 Å². The molecule has 2 rings (SSSR count). The summed E-state index contributed by atoms with van der Waals surface area (Å²) in [6.07, 6.45) is 6.80. The van der Waals surface area contributed by atoms with Gasteiger partial charge in [0.25, 0.3) is 0 Å². The van der Waals surface area contributed by atoms with E-state index in [1.807, 2.05) is 0 Å². The molecule has 24 heavy (non-hydrogen) atoms. The molecule has 0 unspecified atom stereocenters. The summed E-state index contributed by atoms with van der Waals surface area (Å²) >= 11 is 1.71. The number of carbonyl (C=O) groups excluding carboxylic acids is 2. The smallest absolute Gasteiger partial charge is 0.328 e. The molecular formula is C17H30N2O4S. The topological polar surface area (TPSA) is 92.9 Å². The Labute approximate surface area is 148 Å². The van der Waals surface area contributed by atoms with Crippen LogP contribution < -0.4 is 5.73 Å². The fourth-order valence-corrected chi connectivity index (χ4v) is 4.94. The van der Waals surface area contributed by atoms with Crippen LogP contribution in [0.15, 0.2) is 0 Å². The van der Waals surface area contributed by atoms with E-state index in [2.05, 4.69) is 0 Å². The zero-order valence-electron chi connectivity index (χ0n) is 14.5. The number of esters is 1. The minimum Gasteiger partial charge on any atom is -0.467 e. The van der Waals surface area contributed by atoms with Crippen molar-refractivity contribution in [1.82, 2.24) is 4.90 Å². The number of methoxy groups -OCH3 is 1. The first-order valence-corrected chi connectivity index (χ1v) is 9.99. The molecule has 3 atom stereocenters. The van der Waals surface area contributed by atoms with Crippen LogP contribution in [-0.2, 0) is 14.3 Å². The van der Waals surface area contributed by atoms with E-state index < -0.39 is 12.1 Å². The van der Waals surface area contributed by atoms with E-state index in [0.29, 0.717) is 13.0 Å². The van der Waals surface area contributed by atoms with Gasteiger partial charge in [-0.05, 0) is 37.4 Å². The normalized spacial score (nSPS) is 26.4. The number of hydrogen-bond acceptors (Lipinski definition) is 6. The van der Waals surface area contributed by atoms with E-state index >= 15 is 0 Å². The zero-order valence-corrected chi connectivity index (χ0v) is 15.3. The first kappa shape index (κ1) is 19.5. The summed E-state index contributed by atoms with van der Waals surface area (Å²) in [5, 5.41) is 9.10. The number of nitrogens with two attached hydrogens (primary N) is 1. The second-order valence-corrected chi connectivity index (χ2v) is 8.17. The lowest BCUT2D eigenvalue weighted by molar-refractivity contribution is -0.151. The third kappa shape index (κ3) is 4.86.